The molecule has 0 saturated carbocycles. The first kappa shape index (κ1) is 30.7. The second-order valence-corrected chi connectivity index (χ2v) is 12.5. The zero-order valence-electron chi connectivity index (χ0n) is 24.0. The molecule has 0 aliphatic heterocycles. The average molecular weight is 566 g/mol. The molecule has 1 atom stereocenters. The largest absolute Gasteiger partial charge is 0.495 e. The van der Waals surface area contributed by atoms with Gasteiger partial charge in [-0.1, -0.05) is 61.5 Å². The fourth-order valence-corrected chi connectivity index (χ4v) is 5.86. The molecule has 0 bridgehead atoms. The molecule has 214 valence electrons. The van der Waals surface area contributed by atoms with Gasteiger partial charge in [0.1, 0.15) is 18.3 Å². The van der Waals surface area contributed by atoms with Crippen molar-refractivity contribution < 1.29 is 22.7 Å². The lowest BCUT2D eigenvalue weighted by Crippen LogP contribution is -2.55. The minimum absolute atomic E-state index is 0.0386. The van der Waals surface area contributed by atoms with Gasteiger partial charge in [-0.25, -0.2) is 8.42 Å². The number of ether oxygens (including phenoxy) is 1. The molecule has 40 heavy (non-hydrogen) atoms. The average Bonchev–Trinajstić information content (AvgIpc) is 2.92. The second-order valence-electron chi connectivity index (χ2n) is 10.6. The van der Waals surface area contributed by atoms with E-state index >= 15 is 0 Å². The van der Waals surface area contributed by atoms with E-state index in [0.717, 1.165) is 15.4 Å². The van der Waals surface area contributed by atoms with E-state index in [9.17, 15) is 18.0 Å². The van der Waals surface area contributed by atoms with Gasteiger partial charge in [-0.2, -0.15) is 0 Å². The SMILES string of the molecule is CCC(C(=O)NC(C)(C)C)N(Cc1ccccc1C)C(=O)CN(c1ccccc1OC)S(=O)(=O)c1ccccc1. The number of carbonyl (C=O) groups is 2. The highest BCUT2D eigenvalue weighted by Gasteiger charge is 2.35. The van der Waals surface area contributed by atoms with Crippen LogP contribution in [0, 0.1) is 6.92 Å². The minimum Gasteiger partial charge on any atom is -0.495 e. The van der Waals surface area contributed by atoms with Gasteiger partial charge in [0.15, 0.2) is 0 Å². The molecule has 0 spiro atoms. The quantitative estimate of drug-likeness (QED) is 0.356. The fourth-order valence-electron chi connectivity index (χ4n) is 4.41. The summed E-state index contributed by atoms with van der Waals surface area (Å²) in [5.74, 6) is -0.506. The number of benzene rings is 3. The van der Waals surface area contributed by atoms with Crippen molar-refractivity contribution in [2.45, 2.75) is 64.1 Å². The van der Waals surface area contributed by atoms with E-state index in [-0.39, 0.29) is 23.0 Å². The van der Waals surface area contributed by atoms with Crippen LogP contribution in [0.4, 0.5) is 5.69 Å². The van der Waals surface area contributed by atoms with Crippen LogP contribution in [0.15, 0.2) is 83.8 Å². The molecule has 3 rings (SSSR count). The summed E-state index contributed by atoms with van der Waals surface area (Å²) >= 11 is 0. The maximum Gasteiger partial charge on any atom is 0.264 e. The van der Waals surface area contributed by atoms with Crippen molar-refractivity contribution in [2.24, 2.45) is 0 Å². The molecule has 1 unspecified atom stereocenters. The third-order valence-electron chi connectivity index (χ3n) is 6.45. The number of sulfonamides is 1. The van der Waals surface area contributed by atoms with Crippen LogP contribution < -0.4 is 14.4 Å². The Morgan fingerprint density at radius 1 is 0.925 bits per heavy atom. The predicted octanol–water partition coefficient (Wildman–Crippen LogP) is 4.92. The number of methoxy groups -OCH3 is 1. The molecule has 0 saturated heterocycles. The number of hydrogen-bond donors (Lipinski definition) is 1. The smallest absolute Gasteiger partial charge is 0.264 e. The minimum atomic E-state index is -4.17. The number of nitrogens with one attached hydrogen (secondary N) is 1. The van der Waals surface area contributed by atoms with Gasteiger partial charge >= 0.3 is 0 Å². The number of nitrogens with zero attached hydrogens (tertiary/aromatic N) is 2. The lowest BCUT2D eigenvalue weighted by Gasteiger charge is -2.35. The lowest BCUT2D eigenvalue weighted by molar-refractivity contribution is -0.141. The molecule has 0 aliphatic rings. The maximum absolute atomic E-state index is 14.2. The van der Waals surface area contributed by atoms with Gasteiger partial charge in [0.25, 0.3) is 10.0 Å². The second kappa shape index (κ2) is 13.0. The van der Waals surface area contributed by atoms with Gasteiger partial charge in [0.2, 0.25) is 11.8 Å². The Bertz CT molecular complexity index is 1420. The van der Waals surface area contributed by atoms with Gasteiger partial charge in [-0.3, -0.25) is 13.9 Å². The number of rotatable bonds is 11. The van der Waals surface area contributed by atoms with Crippen LogP contribution in [-0.2, 0) is 26.2 Å². The summed E-state index contributed by atoms with van der Waals surface area (Å²) in [7, 11) is -2.73. The van der Waals surface area contributed by atoms with E-state index in [4.69, 9.17) is 4.74 Å². The van der Waals surface area contributed by atoms with Crippen molar-refractivity contribution in [3.8, 4) is 5.75 Å². The summed E-state index contributed by atoms with van der Waals surface area (Å²) in [6.07, 6.45) is 0.347. The Labute approximate surface area is 238 Å². The molecule has 0 aliphatic carbocycles. The van der Waals surface area contributed by atoms with Crippen molar-refractivity contribution in [3.63, 3.8) is 0 Å². The van der Waals surface area contributed by atoms with Gasteiger partial charge in [0, 0.05) is 12.1 Å². The van der Waals surface area contributed by atoms with Crippen LogP contribution >= 0.6 is 0 Å². The van der Waals surface area contributed by atoms with Crippen LogP contribution in [0.2, 0.25) is 0 Å². The fraction of sp³-hybridized carbons (Fsp3) is 0.355. The summed E-state index contributed by atoms with van der Waals surface area (Å²) in [4.78, 5) is 29.1. The van der Waals surface area contributed by atoms with Crippen molar-refractivity contribution in [1.82, 2.24) is 10.2 Å². The molecule has 0 heterocycles. The monoisotopic (exact) mass is 565 g/mol. The zero-order chi connectivity index (χ0) is 29.5. The molecular formula is C31H39N3O5S. The van der Waals surface area contributed by atoms with Gasteiger partial charge < -0.3 is 15.0 Å². The van der Waals surface area contributed by atoms with Crippen LogP contribution in [0.1, 0.15) is 45.2 Å². The van der Waals surface area contributed by atoms with Gasteiger partial charge in [0.05, 0.1) is 17.7 Å². The first-order chi connectivity index (χ1) is 18.9. The first-order valence-electron chi connectivity index (χ1n) is 13.3. The molecule has 8 nitrogen and oxygen atoms in total. The van der Waals surface area contributed by atoms with Crippen molar-refractivity contribution in [3.05, 3.63) is 90.0 Å². The van der Waals surface area contributed by atoms with E-state index in [1.165, 1.54) is 24.1 Å². The third-order valence-corrected chi connectivity index (χ3v) is 8.22. The molecule has 9 heteroatoms. The predicted molar refractivity (Wildman–Crippen MR) is 158 cm³/mol. The van der Waals surface area contributed by atoms with Crippen molar-refractivity contribution in [2.75, 3.05) is 18.0 Å². The Balaban J connectivity index is 2.11. The van der Waals surface area contributed by atoms with Crippen molar-refractivity contribution in [1.29, 1.82) is 0 Å². The molecule has 0 radical (unpaired) electrons. The van der Waals surface area contributed by atoms with E-state index in [0.29, 0.717) is 12.2 Å². The maximum atomic E-state index is 14.2. The number of para-hydroxylation sites is 2. The summed E-state index contributed by atoms with van der Waals surface area (Å²) in [6.45, 7) is 9.03. The Morgan fingerprint density at radius 2 is 1.52 bits per heavy atom. The van der Waals surface area contributed by atoms with E-state index < -0.39 is 34.1 Å². The highest BCUT2D eigenvalue weighted by Crippen LogP contribution is 2.32. The zero-order valence-corrected chi connectivity index (χ0v) is 24.9. The number of amides is 2. The number of hydrogen-bond acceptors (Lipinski definition) is 5. The summed E-state index contributed by atoms with van der Waals surface area (Å²) < 4.78 is 34.4. The van der Waals surface area contributed by atoms with Gasteiger partial charge in [-0.05, 0) is 69.5 Å². The number of carbonyl (C=O) groups excluding carboxylic acids is 2. The molecule has 3 aromatic carbocycles. The van der Waals surface area contributed by atoms with Gasteiger partial charge in [-0.15, -0.1) is 0 Å². The topological polar surface area (TPSA) is 96.0 Å². The highest BCUT2D eigenvalue weighted by atomic mass is 32.2. The normalized spacial score (nSPS) is 12.3. The molecule has 3 aromatic rings. The van der Waals surface area contributed by atoms with Crippen LogP contribution in [-0.4, -0.2) is 50.4 Å². The third kappa shape index (κ3) is 7.41. The first-order valence-corrected chi connectivity index (χ1v) is 14.7. The molecular weight excluding hydrogens is 526 g/mol. The molecule has 2 amide bonds. The van der Waals surface area contributed by atoms with Crippen LogP contribution in [0.3, 0.4) is 0 Å². The summed E-state index contributed by atoms with van der Waals surface area (Å²) in [5, 5.41) is 2.98. The van der Waals surface area contributed by atoms with E-state index in [1.54, 1.807) is 42.5 Å². The number of aryl methyl sites for hydroxylation is 1. The Morgan fingerprint density at radius 3 is 2.12 bits per heavy atom. The van der Waals surface area contributed by atoms with Crippen LogP contribution in [0.5, 0.6) is 5.75 Å². The summed E-state index contributed by atoms with van der Waals surface area (Å²) in [5.41, 5.74) is 1.55. The Hall–Kier alpha value is -3.85. The standard InChI is InChI=1S/C31H39N3O5S/c1-7-26(30(36)32-31(3,4)5)33(21-24-16-12-11-15-23(24)2)29(35)22-34(27-19-13-14-20-28(27)39-6)40(37,38)25-17-9-8-10-18-25/h8-20,26H,7,21-22H2,1-6H3,(H,32,36). The Kier molecular flexibility index (Phi) is 9.98. The van der Waals surface area contributed by atoms with E-state index in [1.807, 2.05) is 58.9 Å². The lowest BCUT2D eigenvalue weighted by atomic mass is 10.0. The van der Waals surface area contributed by atoms with Crippen LogP contribution in [0.25, 0.3) is 0 Å². The highest BCUT2D eigenvalue weighted by molar-refractivity contribution is 7.92. The summed E-state index contributed by atoms with van der Waals surface area (Å²) in [6, 6.07) is 21.4. The van der Waals surface area contributed by atoms with Crippen molar-refractivity contribution >= 4 is 27.5 Å². The molecule has 0 fully saturated rings. The van der Waals surface area contributed by atoms with E-state index in [2.05, 4.69) is 5.32 Å². The molecule has 0 aromatic heterocycles. The molecule has 1 N–H and O–H groups in total. The number of anilines is 1.